The summed E-state index contributed by atoms with van der Waals surface area (Å²) in [6, 6.07) is 3.75. The lowest BCUT2D eigenvalue weighted by atomic mass is 10.1. The van der Waals surface area contributed by atoms with E-state index >= 15 is 0 Å². The summed E-state index contributed by atoms with van der Waals surface area (Å²) in [6.45, 7) is 10.4. The molecule has 3 nitrogen and oxygen atoms in total. The predicted molar refractivity (Wildman–Crippen MR) is 75.9 cm³/mol. The zero-order valence-corrected chi connectivity index (χ0v) is 12.2. The summed E-state index contributed by atoms with van der Waals surface area (Å²) < 4.78 is 0. The largest absolute Gasteiger partial charge is 0.355 e. The fraction of sp³-hybridized carbons (Fsp3) is 0.571. The quantitative estimate of drug-likeness (QED) is 0.815. The summed E-state index contributed by atoms with van der Waals surface area (Å²) in [7, 11) is 0. The van der Waals surface area contributed by atoms with E-state index in [0.29, 0.717) is 22.4 Å². The molecule has 0 atom stereocenters. The van der Waals surface area contributed by atoms with Gasteiger partial charge in [-0.05, 0) is 17.9 Å². The van der Waals surface area contributed by atoms with E-state index in [1.54, 1.807) is 12.3 Å². The Morgan fingerprint density at radius 1 is 1.28 bits per heavy atom. The van der Waals surface area contributed by atoms with Crippen LogP contribution in [0, 0.1) is 23.2 Å². The van der Waals surface area contributed by atoms with Crippen molar-refractivity contribution in [2.24, 2.45) is 11.8 Å². The fourth-order valence-electron chi connectivity index (χ4n) is 1.87. The predicted octanol–water partition coefficient (Wildman–Crippen LogP) is 3.73. The zero-order valence-electron chi connectivity index (χ0n) is 11.4. The summed E-state index contributed by atoms with van der Waals surface area (Å²) in [5.74, 6) is 1.76. The monoisotopic (exact) mass is 265 g/mol. The van der Waals surface area contributed by atoms with Gasteiger partial charge in [0.1, 0.15) is 16.9 Å². The second-order valence-electron chi connectivity index (χ2n) is 5.30. The van der Waals surface area contributed by atoms with E-state index in [1.165, 1.54) is 0 Å². The van der Waals surface area contributed by atoms with Crippen LogP contribution >= 0.6 is 11.6 Å². The molecule has 4 heteroatoms. The molecule has 0 aromatic carbocycles. The van der Waals surface area contributed by atoms with Gasteiger partial charge in [-0.3, -0.25) is 0 Å². The second kappa shape index (κ2) is 6.61. The first-order chi connectivity index (χ1) is 8.45. The van der Waals surface area contributed by atoms with Gasteiger partial charge in [0.25, 0.3) is 0 Å². The number of hydrogen-bond donors (Lipinski definition) is 0. The van der Waals surface area contributed by atoms with Gasteiger partial charge in [0.2, 0.25) is 0 Å². The molecule has 0 N–H and O–H groups in total. The number of nitrogens with zero attached hydrogens (tertiary/aromatic N) is 3. The zero-order chi connectivity index (χ0) is 13.7. The van der Waals surface area contributed by atoms with Crippen molar-refractivity contribution in [2.45, 2.75) is 27.7 Å². The van der Waals surface area contributed by atoms with E-state index < -0.39 is 0 Å². The van der Waals surface area contributed by atoms with E-state index in [2.05, 4.69) is 43.6 Å². The molecular weight excluding hydrogens is 246 g/mol. The van der Waals surface area contributed by atoms with Gasteiger partial charge in [0.05, 0.1) is 5.56 Å². The summed E-state index contributed by atoms with van der Waals surface area (Å²) in [4.78, 5) is 6.50. The smallest absolute Gasteiger partial charge is 0.148 e. The molecule has 18 heavy (non-hydrogen) atoms. The average molecular weight is 266 g/mol. The minimum Gasteiger partial charge on any atom is -0.355 e. The Kier molecular flexibility index (Phi) is 5.43. The lowest BCUT2D eigenvalue weighted by Crippen LogP contribution is -2.32. The van der Waals surface area contributed by atoms with Gasteiger partial charge in [-0.1, -0.05) is 39.3 Å². The van der Waals surface area contributed by atoms with Crippen LogP contribution in [-0.4, -0.2) is 18.1 Å². The Balaban J connectivity index is 3.08. The number of aromatic nitrogens is 1. The van der Waals surface area contributed by atoms with Crippen molar-refractivity contribution < 1.29 is 0 Å². The molecule has 0 spiro atoms. The number of rotatable bonds is 5. The minimum atomic E-state index is 0.460. The van der Waals surface area contributed by atoms with E-state index in [0.717, 1.165) is 18.9 Å². The molecule has 98 valence electrons. The third kappa shape index (κ3) is 3.89. The Morgan fingerprint density at radius 3 is 2.28 bits per heavy atom. The van der Waals surface area contributed by atoms with Crippen molar-refractivity contribution in [3.63, 3.8) is 0 Å². The van der Waals surface area contributed by atoms with Crippen molar-refractivity contribution in [3.05, 3.63) is 22.8 Å². The van der Waals surface area contributed by atoms with Gasteiger partial charge in [-0.15, -0.1) is 0 Å². The van der Waals surface area contributed by atoms with E-state index in [9.17, 15) is 0 Å². The molecule has 1 heterocycles. The van der Waals surface area contributed by atoms with Gasteiger partial charge >= 0.3 is 0 Å². The molecular formula is C14H20ClN3. The molecule has 0 amide bonds. The van der Waals surface area contributed by atoms with Crippen LogP contribution in [0.25, 0.3) is 0 Å². The summed E-state index contributed by atoms with van der Waals surface area (Å²) in [5, 5.41) is 9.47. The summed E-state index contributed by atoms with van der Waals surface area (Å²) in [6.07, 6.45) is 1.65. The molecule has 1 aromatic rings. The molecule has 0 radical (unpaired) electrons. The first-order valence-electron chi connectivity index (χ1n) is 6.25. The number of anilines is 1. The third-order valence-electron chi connectivity index (χ3n) is 2.46. The third-order valence-corrected chi connectivity index (χ3v) is 2.83. The normalized spacial score (nSPS) is 10.8. The SMILES string of the molecule is CC(C)CN(CC(C)C)c1nccc(C#N)c1Cl. The fourth-order valence-corrected chi connectivity index (χ4v) is 2.14. The summed E-state index contributed by atoms with van der Waals surface area (Å²) in [5.41, 5.74) is 0.485. The molecule has 0 saturated heterocycles. The van der Waals surface area contributed by atoms with Gasteiger partial charge in [-0.25, -0.2) is 4.98 Å². The van der Waals surface area contributed by atoms with Crippen LogP contribution < -0.4 is 4.90 Å². The van der Waals surface area contributed by atoms with Crippen LogP contribution in [0.4, 0.5) is 5.82 Å². The van der Waals surface area contributed by atoms with Crippen molar-refractivity contribution in [1.29, 1.82) is 5.26 Å². The van der Waals surface area contributed by atoms with E-state index in [-0.39, 0.29) is 0 Å². The highest BCUT2D eigenvalue weighted by Gasteiger charge is 2.16. The number of nitriles is 1. The van der Waals surface area contributed by atoms with Crippen LogP contribution in [0.5, 0.6) is 0 Å². The molecule has 0 aliphatic rings. The molecule has 1 rings (SSSR count). The highest BCUT2D eigenvalue weighted by molar-refractivity contribution is 6.34. The van der Waals surface area contributed by atoms with Gasteiger partial charge in [0.15, 0.2) is 0 Å². The van der Waals surface area contributed by atoms with Gasteiger partial charge in [0, 0.05) is 19.3 Å². The molecule has 0 fully saturated rings. The first kappa shape index (κ1) is 14.8. The highest BCUT2D eigenvalue weighted by atomic mass is 35.5. The van der Waals surface area contributed by atoms with E-state index in [1.807, 2.05) is 0 Å². The Bertz CT molecular complexity index is 425. The maximum atomic E-state index is 9.01. The Hall–Kier alpha value is -1.27. The standard InChI is InChI=1S/C14H20ClN3/c1-10(2)8-18(9-11(3)4)14-13(15)12(7-16)5-6-17-14/h5-6,10-11H,8-9H2,1-4H3. The molecule has 0 aliphatic heterocycles. The first-order valence-corrected chi connectivity index (χ1v) is 6.63. The Morgan fingerprint density at radius 2 is 1.83 bits per heavy atom. The van der Waals surface area contributed by atoms with E-state index in [4.69, 9.17) is 16.9 Å². The van der Waals surface area contributed by atoms with Gasteiger partial charge in [-0.2, -0.15) is 5.26 Å². The lowest BCUT2D eigenvalue weighted by Gasteiger charge is -2.28. The maximum Gasteiger partial charge on any atom is 0.148 e. The van der Waals surface area contributed by atoms with Crippen molar-refractivity contribution in [1.82, 2.24) is 4.98 Å². The van der Waals surface area contributed by atoms with Crippen LogP contribution in [-0.2, 0) is 0 Å². The van der Waals surface area contributed by atoms with Crippen molar-refractivity contribution >= 4 is 17.4 Å². The van der Waals surface area contributed by atoms with Crippen molar-refractivity contribution in [3.8, 4) is 6.07 Å². The molecule has 0 saturated carbocycles. The second-order valence-corrected chi connectivity index (χ2v) is 5.68. The molecule has 0 aliphatic carbocycles. The number of hydrogen-bond acceptors (Lipinski definition) is 3. The molecule has 0 unspecified atom stereocenters. The van der Waals surface area contributed by atoms with Crippen LogP contribution in [0.3, 0.4) is 0 Å². The van der Waals surface area contributed by atoms with Crippen molar-refractivity contribution in [2.75, 3.05) is 18.0 Å². The summed E-state index contributed by atoms with van der Waals surface area (Å²) >= 11 is 6.24. The topological polar surface area (TPSA) is 39.9 Å². The lowest BCUT2D eigenvalue weighted by molar-refractivity contribution is 0.549. The average Bonchev–Trinajstić information content (AvgIpc) is 2.27. The number of halogens is 1. The Labute approximate surface area is 114 Å². The minimum absolute atomic E-state index is 0.460. The molecule has 1 aromatic heterocycles. The number of pyridine rings is 1. The van der Waals surface area contributed by atoms with Gasteiger partial charge < -0.3 is 4.90 Å². The van der Waals surface area contributed by atoms with Crippen LogP contribution in [0.2, 0.25) is 5.02 Å². The highest BCUT2D eigenvalue weighted by Crippen LogP contribution is 2.27. The van der Waals surface area contributed by atoms with Crippen LogP contribution in [0.15, 0.2) is 12.3 Å². The maximum absolute atomic E-state index is 9.01. The molecule has 0 bridgehead atoms. The van der Waals surface area contributed by atoms with Crippen LogP contribution in [0.1, 0.15) is 33.3 Å².